The first-order chi connectivity index (χ1) is 22.4. The van der Waals surface area contributed by atoms with E-state index in [2.05, 4.69) is 53.4 Å². The summed E-state index contributed by atoms with van der Waals surface area (Å²) in [6.45, 7) is 25.2. The maximum Gasteiger partial charge on any atom is 0.309 e. The molecule has 0 heterocycles. The number of hydrogen-bond acceptors (Lipinski definition) is 5. The number of ether oxygens (including phenoxy) is 1. The number of carboxylic acids is 2. The molecule has 5 aliphatic rings. The van der Waals surface area contributed by atoms with Crippen molar-refractivity contribution in [2.75, 3.05) is 0 Å². The van der Waals surface area contributed by atoms with Gasteiger partial charge in [-0.3, -0.25) is 19.2 Å². The Labute approximate surface area is 295 Å². The lowest BCUT2D eigenvalue weighted by Crippen LogP contribution is -2.69. The summed E-state index contributed by atoms with van der Waals surface area (Å²) in [7, 11) is 0. The van der Waals surface area contributed by atoms with Gasteiger partial charge in [-0.2, -0.15) is 0 Å². The third-order valence-electron chi connectivity index (χ3n) is 16.0. The van der Waals surface area contributed by atoms with Gasteiger partial charge in [0.2, 0.25) is 5.91 Å². The Balaban J connectivity index is 1.41. The molecule has 0 unspecified atom stereocenters. The van der Waals surface area contributed by atoms with Crippen LogP contribution in [-0.4, -0.2) is 45.7 Å². The SMILES string of the molecule is C=C(C)[C@@H]1CC[C@]2(NC(=O)CC(C)(C)C(=O)O)CC[C@]3(C)[C@H](CC[C@@H]4[C@@]5(C)CC[C@H](OC(=O)CC(C)(C)C(=O)O)C(C)(C)[C@@H]5CC[C@]43C)[C@@H]12. The summed E-state index contributed by atoms with van der Waals surface area (Å²) < 4.78 is 6.14. The summed E-state index contributed by atoms with van der Waals surface area (Å²) in [6, 6.07) is 0. The second-order valence-electron chi connectivity index (χ2n) is 20.0. The molecule has 5 fully saturated rings. The molecule has 8 heteroatoms. The van der Waals surface area contributed by atoms with E-state index < -0.39 is 28.7 Å². The minimum absolute atomic E-state index is 0.0284. The number of carboxylic acid groups (broad SMARTS) is 2. The third-order valence-corrected chi connectivity index (χ3v) is 16.0. The van der Waals surface area contributed by atoms with Crippen LogP contribution in [0.15, 0.2) is 12.2 Å². The van der Waals surface area contributed by atoms with Crippen LogP contribution in [0.25, 0.3) is 0 Å². The predicted octanol–water partition coefficient (Wildman–Crippen LogP) is 8.43. The van der Waals surface area contributed by atoms with E-state index in [1.165, 1.54) is 5.57 Å². The van der Waals surface area contributed by atoms with Crippen LogP contribution in [-0.2, 0) is 23.9 Å². The van der Waals surface area contributed by atoms with Gasteiger partial charge in [-0.25, -0.2) is 0 Å². The maximum absolute atomic E-state index is 13.6. The summed E-state index contributed by atoms with van der Waals surface area (Å²) >= 11 is 0. The second kappa shape index (κ2) is 12.1. The Kier molecular flexibility index (Phi) is 9.35. The molecule has 1 amide bonds. The molecule has 0 saturated heterocycles. The van der Waals surface area contributed by atoms with Gasteiger partial charge in [-0.15, -0.1) is 0 Å². The minimum Gasteiger partial charge on any atom is -0.481 e. The number of carbonyl (C=O) groups is 4. The first-order valence-electron chi connectivity index (χ1n) is 19.0. The van der Waals surface area contributed by atoms with Crippen molar-refractivity contribution in [2.45, 2.75) is 158 Å². The van der Waals surface area contributed by atoms with Gasteiger partial charge in [-0.1, -0.05) is 46.8 Å². The highest BCUT2D eigenvalue weighted by Crippen LogP contribution is 2.76. The van der Waals surface area contributed by atoms with Crippen molar-refractivity contribution in [1.82, 2.24) is 5.32 Å². The van der Waals surface area contributed by atoms with Gasteiger partial charge in [0.25, 0.3) is 0 Å². The summed E-state index contributed by atoms with van der Waals surface area (Å²) in [4.78, 5) is 50.2. The van der Waals surface area contributed by atoms with Crippen molar-refractivity contribution in [3.63, 3.8) is 0 Å². The van der Waals surface area contributed by atoms with Crippen molar-refractivity contribution in [3.8, 4) is 0 Å². The number of esters is 1. The largest absolute Gasteiger partial charge is 0.481 e. The van der Waals surface area contributed by atoms with Crippen LogP contribution < -0.4 is 5.32 Å². The number of allylic oxidation sites excluding steroid dienone is 1. The Bertz CT molecular complexity index is 1400. The van der Waals surface area contributed by atoms with Crippen molar-refractivity contribution < 1.29 is 34.1 Å². The van der Waals surface area contributed by atoms with E-state index in [4.69, 9.17) is 4.74 Å². The van der Waals surface area contributed by atoms with Gasteiger partial charge >= 0.3 is 17.9 Å². The number of carbonyl (C=O) groups excluding carboxylic acids is 2. The second-order valence-corrected chi connectivity index (χ2v) is 20.0. The lowest BCUT2D eigenvalue weighted by molar-refractivity contribution is -0.246. The van der Waals surface area contributed by atoms with Crippen LogP contribution in [0.3, 0.4) is 0 Å². The van der Waals surface area contributed by atoms with Crippen molar-refractivity contribution >= 4 is 23.8 Å². The van der Waals surface area contributed by atoms with E-state index >= 15 is 0 Å². The first-order valence-corrected chi connectivity index (χ1v) is 19.0. The molecule has 0 aromatic carbocycles. The van der Waals surface area contributed by atoms with E-state index in [1.54, 1.807) is 27.7 Å². The number of rotatable bonds is 9. The van der Waals surface area contributed by atoms with Gasteiger partial charge in [0.05, 0.1) is 17.3 Å². The van der Waals surface area contributed by atoms with E-state index in [0.717, 1.165) is 64.2 Å². The third kappa shape index (κ3) is 5.87. The van der Waals surface area contributed by atoms with Crippen LogP contribution in [0.4, 0.5) is 0 Å². The fourth-order valence-electron chi connectivity index (χ4n) is 13.0. The normalized spacial score (nSPS) is 41.3. The van der Waals surface area contributed by atoms with E-state index in [0.29, 0.717) is 23.7 Å². The average Bonchev–Trinajstić information content (AvgIpc) is 3.33. The molecule has 0 aromatic heterocycles. The average molecular weight is 684 g/mol. The Morgan fingerprint density at radius 1 is 0.755 bits per heavy atom. The van der Waals surface area contributed by atoms with E-state index in [1.807, 2.05) is 0 Å². The van der Waals surface area contributed by atoms with Crippen LogP contribution in [0.2, 0.25) is 0 Å². The minimum atomic E-state index is -1.16. The zero-order valence-electron chi connectivity index (χ0n) is 32.1. The van der Waals surface area contributed by atoms with Gasteiger partial charge in [-0.05, 0) is 145 Å². The predicted molar refractivity (Wildman–Crippen MR) is 189 cm³/mol. The molecule has 0 spiro atoms. The van der Waals surface area contributed by atoms with Gasteiger partial charge in [0.15, 0.2) is 0 Å². The van der Waals surface area contributed by atoms with E-state index in [-0.39, 0.29) is 58.0 Å². The number of aliphatic carboxylic acids is 2. The standard InChI is InChI=1S/C41H65NO7/c1-24(2)25-14-19-41(42-30(43)22-35(3,4)33(45)46)21-20-39(10)26(32(25)41)12-13-28-38(9)17-16-29(49-31(44)23-36(5,6)34(47)48)37(7,8)27(38)15-18-40(28,39)11/h25-29,32H,1,12-23H2,2-11H3,(H,42,43)(H,45,46)(H,47,48)/t25-,26+,27-,28+,29-,32+,38-,39+,40+,41-/m0/s1. The molecule has 49 heavy (non-hydrogen) atoms. The number of fused-ring (bicyclic) bond motifs is 7. The molecule has 0 bridgehead atoms. The summed E-state index contributed by atoms with van der Waals surface area (Å²) in [5.41, 5.74) is -1.38. The Morgan fingerprint density at radius 3 is 1.96 bits per heavy atom. The molecule has 8 nitrogen and oxygen atoms in total. The Morgan fingerprint density at radius 2 is 1.37 bits per heavy atom. The van der Waals surface area contributed by atoms with Crippen molar-refractivity contribution in [1.29, 1.82) is 0 Å². The summed E-state index contributed by atoms with van der Waals surface area (Å²) in [5.74, 6) is -0.568. The van der Waals surface area contributed by atoms with Gasteiger partial charge < -0.3 is 20.3 Å². The molecule has 276 valence electrons. The molecule has 10 atom stereocenters. The smallest absolute Gasteiger partial charge is 0.309 e. The molecule has 0 aliphatic heterocycles. The molecule has 0 aromatic rings. The topological polar surface area (TPSA) is 130 Å². The van der Waals surface area contributed by atoms with Crippen LogP contribution in [0.1, 0.15) is 146 Å². The fourth-order valence-corrected chi connectivity index (χ4v) is 13.0. The molecule has 5 rings (SSSR count). The molecular formula is C41H65NO7. The molecule has 5 aliphatic carbocycles. The van der Waals surface area contributed by atoms with Gasteiger partial charge in [0, 0.05) is 17.4 Å². The number of hydrogen-bond donors (Lipinski definition) is 3. The lowest BCUT2D eigenvalue weighted by Gasteiger charge is -2.73. The number of nitrogens with one attached hydrogen (secondary N) is 1. The maximum atomic E-state index is 13.6. The first kappa shape index (κ1) is 37.9. The zero-order chi connectivity index (χ0) is 36.8. The molecule has 3 N–H and O–H groups in total. The highest BCUT2D eigenvalue weighted by molar-refractivity contribution is 5.85. The molecular weight excluding hydrogens is 618 g/mol. The van der Waals surface area contributed by atoms with Crippen LogP contribution in [0.5, 0.6) is 0 Å². The number of amides is 1. The lowest BCUT2D eigenvalue weighted by atomic mass is 9.32. The van der Waals surface area contributed by atoms with Crippen molar-refractivity contribution in [2.24, 2.45) is 62.1 Å². The highest BCUT2D eigenvalue weighted by atomic mass is 16.5. The van der Waals surface area contributed by atoms with E-state index in [9.17, 15) is 29.4 Å². The fraction of sp³-hybridized carbons (Fsp3) is 0.854. The van der Waals surface area contributed by atoms with Crippen LogP contribution >= 0.6 is 0 Å². The zero-order valence-corrected chi connectivity index (χ0v) is 32.1. The Hall–Kier alpha value is -2.38. The van der Waals surface area contributed by atoms with Crippen LogP contribution in [0, 0.1) is 62.1 Å². The van der Waals surface area contributed by atoms with Crippen molar-refractivity contribution in [3.05, 3.63) is 12.2 Å². The summed E-state index contributed by atoms with van der Waals surface area (Å²) in [5, 5.41) is 22.8. The summed E-state index contributed by atoms with van der Waals surface area (Å²) in [6.07, 6.45) is 9.65. The van der Waals surface area contributed by atoms with Gasteiger partial charge in [0.1, 0.15) is 6.10 Å². The monoisotopic (exact) mass is 683 g/mol. The quantitative estimate of drug-likeness (QED) is 0.164. The molecule has 0 radical (unpaired) electrons. The highest BCUT2D eigenvalue weighted by Gasteiger charge is 2.71. The molecule has 5 saturated carbocycles.